The van der Waals surface area contributed by atoms with Crippen LogP contribution in [0, 0.1) is 17.3 Å². The van der Waals surface area contributed by atoms with E-state index in [9.17, 15) is 15.0 Å². The fourth-order valence-electron chi connectivity index (χ4n) is 4.82. The van der Waals surface area contributed by atoms with Crippen molar-refractivity contribution in [2.75, 3.05) is 6.61 Å². The molecule has 3 rings (SSSR count). The van der Waals surface area contributed by atoms with E-state index in [0.29, 0.717) is 18.6 Å². The quantitative estimate of drug-likeness (QED) is 0.760. The van der Waals surface area contributed by atoms with E-state index in [1.165, 1.54) is 0 Å². The van der Waals surface area contributed by atoms with Gasteiger partial charge in [-0.15, -0.1) is 0 Å². The third kappa shape index (κ3) is 2.30. The maximum Gasteiger partial charge on any atom is 0.339 e. The van der Waals surface area contributed by atoms with Gasteiger partial charge in [0.25, 0.3) is 0 Å². The van der Waals surface area contributed by atoms with E-state index in [1.807, 2.05) is 13.8 Å². The highest BCUT2D eigenvalue weighted by atomic mass is 16.6. The van der Waals surface area contributed by atoms with E-state index in [2.05, 4.69) is 13.8 Å². The highest BCUT2D eigenvalue weighted by molar-refractivity contribution is 5.93. The van der Waals surface area contributed by atoms with E-state index in [0.717, 1.165) is 12.8 Å². The summed E-state index contributed by atoms with van der Waals surface area (Å²) < 4.78 is 11.0. The molecule has 1 fully saturated rings. The van der Waals surface area contributed by atoms with Crippen LogP contribution in [0.1, 0.15) is 47.0 Å². The summed E-state index contributed by atoms with van der Waals surface area (Å²) in [5, 5.41) is 20.9. The van der Waals surface area contributed by atoms with Gasteiger partial charge in [0.05, 0.1) is 17.3 Å². The number of rotatable bonds is 2. The second-order valence-corrected chi connectivity index (χ2v) is 7.91. The summed E-state index contributed by atoms with van der Waals surface area (Å²) >= 11 is 0. The number of aliphatic hydroxyl groups is 2. The van der Waals surface area contributed by atoms with E-state index < -0.39 is 24.0 Å². The molecule has 22 heavy (non-hydrogen) atoms. The van der Waals surface area contributed by atoms with Gasteiger partial charge in [-0.2, -0.15) is 0 Å². The Kier molecular flexibility index (Phi) is 3.66. The Morgan fingerprint density at radius 1 is 1.27 bits per heavy atom. The van der Waals surface area contributed by atoms with Crippen LogP contribution in [-0.4, -0.2) is 40.8 Å². The van der Waals surface area contributed by atoms with E-state index in [1.54, 1.807) is 0 Å². The molecule has 3 aliphatic rings. The maximum absolute atomic E-state index is 12.1. The summed E-state index contributed by atoms with van der Waals surface area (Å²) in [4.78, 5) is 12.1. The highest BCUT2D eigenvalue weighted by Crippen LogP contribution is 2.56. The molecule has 1 aliphatic heterocycles. The molecule has 5 atom stereocenters. The van der Waals surface area contributed by atoms with Gasteiger partial charge >= 0.3 is 5.97 Å². The number of hydrogen-bond acceptors (Lipinski definition) is 5. The zero-order valence-electron chi connectivity index (χ0n) is 13.8. The number of ether oxygens (including phenoxy) is 2. The standard InChI is InChI=1S/C17H26O5/c1-5-21-17(4)7-10-12(15(20)22-14(10)19)13(18)9-6-16(2,3)8-11(9)17/h9,11,13-14,18-19H,5-8H2,1-4H3/t9-,11+,13+,14?,17+/m1/s1. The van der Waals surface area contributed by atoms with Crippen molar-refractivity contribution in [2.45, 2.75) is 65.0 Å². The van der Waals surface area contributed by atoms with Gasteiger partial charge in [0.15, 0.2) is 0 Å². The number of carbonyl (C=O) groups excluding carboxylic acids is 1. The summed E-state index contributed by atoms with van der Waals surface area (Å²) in [6.45, 7) is 8.93. The fourth-order valence-corrected chi connectivity index (χ4v) is 4.82. The van der Waals surface area contributed by atoms with Gasteiger partial charge in [-0.05, 0) is 43.9 Å². The van der Waals surface area contributed by atoms with Crippen molar-refractivity contribution in [3.05, 3.63) is 11.1 Å². The van der Waals surface area contributed by atoms with Crippen LogP contribution in [0.25, 0.3) is 0 Å². The molecule has 2 N–H and O–H groups in total. The lowest BCUT2D eigenvalue weighted by Crippen LogP contribution is -2.42. The third-order valence-corrected chi connectivity index (χ3v) is 5.66. The van der Waals surface area contributed by atoms with Crippen molar-refractivity contribution in [1.82, 2.24) is 0 Å². The molecule has 0 aromatic carbocycles. The Bertz CT molecular complexity index is 523. The number of aliphatic hydroxyl groups excluding tert-OH is 2. The minimum atomic E-state index is -1.25. The molecule has 1 heterocycles. The lowest BCUT2D eigenvalue weighted by molar-refractivity contribution is -0.155. The summed E-state index contributed by atoms with van der Waals surface area (Å²) in [5.74, 6) is -0.473. The molecule has 2 aliphatic carbocycles. The van der Waals surface area contributed by atoms with Crippen LogP contribution in [0.4, 0.5) is 0 Å². The first-order valence-electron chi connectivity index (χ1n) is 8.12. The van der Waals surface area contributed by atoms with Gasteiger partial charge in [0.1, 0.15) is 0 Å². The average Bonchev–Trinajstić information content (AvgIpc) is 2.84. The highest BCUT2D eigenvalue weighted by Gasteiger charge is 2.57. The van der Waals surface area contributed by atoms with Crippen LogP contribution in [0.5, 0.6) is 0 Å². The van der Waals surface area contributed by atoms with Crippen molar-refractivity contribution in [3.8, 4) is 0 Å². The van der Waals surface area contributed by atoms with Gasteiger partial charge < -0.3 is 19.7 Å². The Morgan fingerprint density at radius 3 is 2.59 bits per heavy atom. The molecule has 0 bridgehead atoms. The minimum Gasteiger partial charge on any atom is -0.428 e. The molecule has 5 nitrogen and oxygen atoms in total. The van der Waals surface area contributed by atoms with Crippen LogP contribution in [0.3, 0.4) is 0 Å². The van der Waals surface area contributed by atoms with Crippen LogP contribution < -0.4 is 0 Å². The van der Waals surface area contributed by atoms with Gasteiger partial charge in [0, 0.05) is 18.6 Å². The molecular weight excluding hydrogens is 284 g/mol. The Morgan fingerprint density at radius 2 is 1.95 bits per heavy atom. The molecule has 5 heteroatoms. The van der Waals surface area contributed by atoms with Crippen molar-refractivity contribution < 1.29 is 24.5 Å². The van der Waals surface area contributed by atoms with Gasteiger partial charge in [-0.3, -0.25) is 0 Å². The van der Waals surface area contributed by atoms with Crippen molar-refractivity contribution >= 4 is 5.97 Å². The van der Waals surface area contributed by atoms with E-state index >= 15 is 0 Å². The van der Waals surface area contributed by atoms with Crippen LogP contribution in [-0.2, 0) is 14.3 Å². The second kappa shape index (κ2) is 5.05. The molecule has 0 amide bonds. The van der Waals surface area contributed by atoms with Crippen molar-refractivity contribution in [2.24, 2.45) is 17.3 Å². The molecular formula is C17H26O5. The molecule has 0 radical (unpaired) electrons. The number of esters is 1. The largest absolute Gasteiger partial charge is 0.428 e. The Hall–Kier alpha value is -0.910. The molecule has 1 saturated carbocycles. The smallest absolute Gasteiger partial charge is 0.339 e. The first-order valence-corrected chi connectivity index (χ1v) is 8.12. The summed E-state index contributed by atoms with van der Waals surface area (Å²) in [6.07, 6.45) is 0.0770. The van der Waals surface area contributed by atoms with E-state index in [-0.39, 0.29) is 22.8 Å². The average molecular weight is 310 g/mol. The number of cyclic esters (lactones) is 1. The van der Waals surface area contributed by atoms with Crippen molar-refractivity contribution in [3.63, 3.8) is 0 Å². The first kappa shape index (κ1) is 16.0. The fraction of sp³-hybridized carbons (Fsp3) is 0.824. The Labute approximate surface area is 131 Å². The van der Waals surface area contributed by atoms with E-state index in [4.69, 9.17) is 9.47 Å². The van der Waals surface area contributed by atoms with Crippen molar-refractivity contribution in [1.29, 1.82) is 0 Å². The van der Waals surface area contributed by atoms with Gasteiger partial charge in [-0.25, -0.2) is 4.79 Å². The Balaban J connectivity index is 2.07. The topological polar surface area (TPSA) is 76.0 Å². The number of carbonyl (C=O) groups is 1. The summed E-state index contributed by atoms with van der Waals surface area (Å²) in [5.41, 5.74) is 0.373. The lowest BCUT2D eigenvalue weighted by Gasteiger charge is -2.39. The predicted molar refractivity (Wildman–Crippen MR) is 79.8 cm³/mol. The SMILES string of the molecule is CCO[C@@]1(C)CC2=C(C(=O)OC2O)[C@@H](O)[C@@H]2CC(C)(C)C[C@@H]21. The minimum absolute atomic E-state index is 0.0445. The zero-order chi connectivity index (χ0) is 16.3. The monoisotopic (exact) mass is 310 g/mol. The predicted octanol–water partition coefficient (Wildman–Crippen LogP) is 1.77. The number of hydrogen-bond donors (Lipinski definition) is 2. The third-order valence-electron chi connectivity index (χ3n) is 5.66. The normalized spacial score (nSPS) is 43.6. The summed E-state index contributed by atoms with van der Waals surface area (Å²) in [7, 11) is 0. The van der Waals surface area contributed by atoms with Gasteiger partial charge in [-0.1, -0.05) is 13.8 Å². The zero-order valence-corrected chi connectivity index (χ0v) is 13.8. The molecule has 0 aromatic heterocycles. The molecule has 0 spiro atoms. The summed E-state index contributed by atoms with van der Waals surface area (Å²) in [6, 6.07) is 0. The van der Waals surface area contributed by atoms with Crippen LogP contribution in [0.15, 0.2) is 11.1 Å². The molecule has 1 unspecified atom stereocenters. The molecule has 0 aromatic rings. The first-order chi connectivity index (χ1) is 10.2. The molecule has 0 saturated heterocycles. The van der Waals surface area contributed by atoms with Gasteiger partial charge in [0.2, 0.25) is 6.29 Å². The van der Waals surface area contributed by atoms with Crippen LogP contribution in [0.2, 0.25) is 0 Å². The lowest BCUT2D eigenvalue weighted by atomic mass is 9.77. The second-order valence-electron chi connectivity index (χ2n) is 7.91. The maximum atomic E-state index is 12.1. The number of fused-ring (bicyclic) bond motifs is 1. The molecule has 124 valence electrons. The van der Waals surface area contributed by atoms with Crippen LogP contribution >= 0.6 is 0 Å².